The minimum atomic E-state index is -3.58. The van der Waals surface area contributed by atoms with Gasteiger partial charge in [-0.1, -0.05) is 24.3 Å². The number of hydrogen-bond acceptors (Lipinski definition) is 4. The lowest BCUT2D eigenvalue weighted by Gasteiger charge is -2.18. The zero-order valence-corrected chi connectivity index (χ0v) is 14.3. The molecule has 2 aromatic carbocycles. The topological polar surface area (TPSA) is 59.5 Å². The highest BCUT2D eigenvalue weighted by Gasteiger charge is 2.21. The van der Waals surface area contributed by atoms with Crippen LogP contribution in [0.15, 0.2) is 65.7 Å². The third-order valence-electron chi connectivity index (χ3n) is 3.88. The number of ether oxygens (including phenoxy) is 1. The normalized spacial score (nSPS) is 11.8. The van der Waals surface area contributed by atoms with Crippen LogP contribution in [0, 0.1) is 0 Å². The Morgan fingerprint density at radius 1 is 1.04 bits per heavy atom. The standard InChI is InChI=1S/C18H18N2O3S/c1-20(24(21,22)17-10-8-16(23-2)9-11-17)13-15-6-3-5-14-7-4-12-19-18(14)15/h3-12H,13H2,1-2H3. The molecule has 24 heavy (non-hydrogen) atoms. The molecule has 0 fully saturated rings. The summed E-state index contributed by atoms with van der Waals surface area (Å²) in [6.07, 6.45) is 1.71. The van der Waals surface area contributed by atoms with Crippen LogP contribution in [0.5, 0.6) is 5.75 Å². The zero-order valence-electron chi connectivity index (χ0n) is 13.5. The van der Waals surface area contributed by atoms with Gasteiger partial charge in [-0.15, -0.1) is 0 Å². The quantitative estimate of drug-likeness (QED) is 0.715. The summed E-state index contributed by atoms with van der Waals surface area (Å²) >= 11 is 0. The third kappa shape index (κ3) is 3.11. The highest BCUT2D eigenvalue weighted by molar-refractivity contribution is 7.89. The van der Waals surface area contributed by atoms with E-state index >= 15 is 0 Å². The minimum absolute atomic E-state index is 0.235. The Hall–Kier alpha value is -2.44. The molecule has 0 aliphatic carbocycles. The van der Waals surface area contributed by atoms with E-state index in [-0.39, 0.29) is 11.4 Å². The van der Waals surface area contributed by atoms with Gasteiger partial charge < -0.3 is 4.74 Å². The van der Waals surface area contributed by atoms with E-state index in [1.54, 1.807) is 44.6 Å². The number of sulfonamides is 1. The summed E-state index contributed by atoms with van der Waals surface area (Å²) < 4.78 is 31.9. The first-order valence-electron chi connectivity index (χ1n) is 7.45. The van der Waals surface area contributed by atoms with E-state index in [0.29, 0.717) is 5.75 Å². The zero-order chi connectivity index (χ0) is 17.2. The van der Waals surface area contributed by atoms with E-state index in [4.69, 9.17) is 4.74 Å². The van der Waals surface area contributed by atoms with Crippen LogP contribution in [-0.4, -0.2) is 31.9 Å². The maximum Gasteiger partial charge on any atom is 0.243 e. The van der Waals surface area contributed by atoms with Gasteiger partial charge in [0.2, 0.25) is 10.0 Å². The largest absolute Gasteiger partial charge is 0.497 e. The van der Waals surface area contributed by atoms with E-state index < -0.39 is 10.0 Å². The van der Waals surface area contributed by atoms with Gasteiger partial charge in [0.15, 0.2) is 0 Å². The van der Waals surface area contributed by atoms with E-state index in [9.17, 15) is 8.42 Å². The minimum Gasteiger partial charge on any atom is -0.497 e. The number of hydrogen-bond donors (Lipinski definition) is 0. The summed E-state index contributed by atoms with van der Waals surface area (Å²) in [6, 6.07) is 16.0. The first-order chi connectivity index (χ1) is 11.5. The predicted octanol–water partition coefficient (Wildman–Crippen LogP) is 3.06. The molecule has 3 rings (SSSR count). The van der Waals surface area contributed by atoms with E-state index in [1.165, 1.54) is 4.31 Å². The maximum atomic E-state index is 12.7. The predicted molar refractivity (Wildman–Crippen MR) is 93.4 cm³/mol. The molecule has 0 N–H and O–H groups in total. The van der Waals surface area contributed by atoms with Crippen molar-refractivity contribution in [1.82, 2.24) is 9.29 Å². The smallest absolute Gasteiger partial charge is 0.243 e. The Kier molecular flexibility index (Phi) is 4.51. The molecule has 0 radical (unpaired) electrons. The molecule has 0 bridgehead atoms. The molecule has 0 aliphatic rings. The van der Waals surface area contributed by atoms with Crippen molar-refractivity contribution in [3.8, 4) is 5.75 Å². The molecule has 3 aromatic rings. The van der Waals surface area contributed by atoms with Crippen molar-refractivity contribution in [2.45, 2.75) is 11.4 Å². The first kappa shape index (κ1) is 16.4. The van der Waals surface area contributed by atoms with Crippen LogP contribution in [0.1, 0.15) is 5.56 Å². The lowest BCUT2D eigenvalue weighted by molar-refractivity contribution is 0.414. The molecular weight excluding hydrogens is 324 g/mol. The second kappa shape index (κ2) is 6.59. The van der Waals surface area contributed by atoms with Crippen molar-refractivity contribution in [1.29, 1.82) is 0 Å². The SMILES string of the molecule is COc1ccc(S(=O)(=O)N(C)Cc2cccc3cccnc23)cc1. The number of methoxy groups -OCH3 is 1. The summed E-state index contributed by atoms with van der Waals surface area (Å²) in [5.74, 6) is 0.620. The molecule has 6 heteroatoms. The molecule has 1 heterocycles. The Bertz CT molecular complexity index is 948. The second-order valence-electron chi connectivity index (χ2n) is 5.43. The van der Waals surface area contributed by atoms with Crippen molar-refractivity contribution in [3.05, 3.63) is 66.4 Å². The molecule has 0 unspecified atom stereocenters. The van der Waals surface area contributed by atoms with Crippen LogP contribution in [0.4, 0.5) is 0 Å². The second-order valence-corrected chi connectivity index (χ2v) is 7.47. The number of benzene rings is 2. The fraction of sp³-hybridized carbons (Fsp3) is 0.167. The van der Waals surface area contributed by atoms with Gasteiger partial charge in [0.05, 0.1) is 17.5 Å². The van der Waals surface area contributed by atoms with Crippen LogP contribution < -0.4 is 4.74 Å². The van der Waals surface area contributed by atoms with Gasteiger partial charge in [0.25, 0.3) is 0 Å². The molecule has 1 aromatic heterocycles. The van der Waals surface area contributed by atoms with Gasteiger partial charge >= 0.3 is 0 Å². The van der Waals surface area contributed by atoms with Crippen molar-refractivity contribution in [3.63, 3.8) is 0 Å². The summed E-state index contributed by atoms with van der Waals surface area (Å²) in [5, 5.41) is 0.991. The first-order valence-corrected chi connectivity index (χ1v) is 8.89. The number of nitrogens with zero attached hydrogens (tertiary/aromatic N) is 2. The lowest BCUT2D eigenvalue weighted by atomic mass is 10.1. The highest BCUT2D eigenvalue weighted by Crippen LogP contribution is 2.22. The van der Waals surface area contributed by atoms with Crippen LogP contribution in [0.25, 0.3) is 10.9 Å². The van der Waals surface area contributed by atoms with Gasteiger partial charge in [-0.3, -0.25) is 4.98 Å². The Morgan fingerprint density at radius 3 is 2.46 bits per heavy atom. The molecule has 0 saturated heterocycles. The molecule has 0 amide bonds. The Balaban J connectivity index is 1.91. The van der Waals surface area contributed by atoms with Crippen LogP contribution in [0.3, 0.4) is 0 Å². The van der Waals surface area contributed by atoms with E-state index in [1.807, 2.05) is 30.3 Å². The fourth-order valence-electron chi connectivity index (χ4n) is 2.55. The van der Waals surface area contributed by atoms with E-state index in [0.717, 1.165) is 16.5 Å². The molecule has 0 aliphatic heterocycles. The molecule has 0 saturated carbocycles. The van der Waals surface area contributed by atoms with Crippen LogP contribution in [-0.2, 0) is 16.6 Å². The van der Waals surface area contributed by atoms with Crippen molar-refractivity contribution in [2.75, 3.05) is 14.2 Å². The number of rotatable bonds is 5. The Morgan fingerprint density at radius 2 is 1.75 bits per heavy atom. The van der Waals surface area contributed by atoms with Crippen LogP contribution >= 0.6 is 0 Å². The number of fused-ring (bicyclic) bond motifs is 1. The maximum absolute atomic E-state index is 12.7. The molecule has 0 atom stereocenters. The van der Waals surface area contributed by atoms with Gasteiger partial charge in [-0.25, -0.2) is 8.42 Å². The monoisotopic (exact) mass is 342 g/mol. The molecule has 124 valence electrons. The lowest BCUT2D eigenvalue weighted by Crippen LogP contribution is -2.26. The molecular formula is C18H18N2O3S. The summed E-state index contributed by atoms with van der Waals surface area (Å²) in [6.45, 7) is 0.253. The third-order valence-corrected chi connectivity index (χ3v) is 5.69. The summed E-state index contributed by atoms with van der Waals surface area (Å²) in [7, 11) is -0.465. The van der Waals surface area contributed by atoms with Gasteiger partial charge in [-0.2, -0.15) is 4.31 Å². The highest BCUT2D eigenvalue weighted by atomic mass is 32.2. The van der Waals surface area contributed by atoms with Gasteiger partial charge in [0.1, 0.15) is 5.75 Å². The molecule has 0 spiro atoms. The summed E-state index contributed by atoms with van der Waals surface area (Å²) in [5.41, 5.74) is 1.68. The van der Waals surface area contributed by atoms with Crippen molar-refractivity contribution >= 4 is 20.9 Å². The summed E-state index contributed by atoms with van der Waals surface area (Å²) in [4.78, 5) is 4.61. The molecule has 5 nitrogen and oxygen atoms in total. The average Bonchev–Trinajstić information content (AvgIpc) is 2.62. The average molecular weight is 342 g/mol. The van der Waals surface area contributed by atoms with Crippen molar-refractivity contribution < 1.29 is 13.2 Å². The number of aromatic nitrogens is 1. The van der Waals surface area contributed by atoms with Crippen LogP contribution in [0.2, 0.25) is 0 Å². The van der Waals surface area contributed by atoms with E-state index in [2.05, 4.69) is 4.98 Å². The van der Waals surface area contributed by atoms with Crippen molar-refractivity contribution in [2.24, 2.45) is 0 Å². The van der Waals surface area contributed by atoms with Gasteiger partial charge in [-0.05, 0) is 35.9 Å². The van der Waals surface area contributed by atoms with Gasteiger partial charge in [0, 0.05) is 25.2 Å². The number of pyridine rings is 1. The Labute approximate surface area is 141 Å². The number of para-hydroxylation sites is 1. The fourth-order valence-corrected chi connectivity index (χ4v) is 3.70.